The monoisotopic (exact) mass is 307 g/mol. The largest absolute Gasteiger partial charge is 0.309 e. The smallest absolute Gasteiger partial charge is 0.0548 e. The first-order valence-electron chi connectivity index (χ1n) is 4.79. The van der Waals surface area contributed by atoms with Gasteiger partial charge < -0.3 is 5.32 Å². The molecule has 1 atom stereocenters. The number of hydrogen-bond donors (Lipinski definition) is 1. The predicted molar refractivity (Wildman–Crippen MR) is 73.8 cm³/mol. The van der Waals surface area contributed by atoms with E-state index in [4.69, 9.17) is 11.6 Å². The minimum atomic E-state index is 0.537. The van der Waals surface area contributed by atoms with Crippen LogP contribution >= 0.6 is 39.3 Å². The van der Waals surface area contributed by atoms with E-state index in [1.54, 1.807) is 0 Å². The molecule has 0 heterocycles. The molecule has 0 aromatic heterocycles. The van der Waals surface area contributed by atoms with E-state index in [0.717, 1.165) is 21.8 Å². The van der Waals surface area contributed by atoms with E-state index < -0.39 is 0 Å². The third kappa shape index (κ3) is 4.77. The van der Waals surface area contributed by atoms with Crippen molar-refractivity contribution in [3.63, 3.8) is 0 Å². The summed E-state index contributed by atoms with van der Waals surface area (Å²) in [5.74, 6) is 1.13. The van der Waals surface area contributed by atoms with Gasteiger partial charge >= 0.3 is 0 Å². The van der Waals surface area contributed by atoms with E-state index in [9.17, 15) is 0 Å². The maximum Gasteiger partial charge on any atom is 0.0548 e. The Kier molecular flexibility index (Phi) is 6.05. The third-order valence-electron chi connectivity index (χ3n) is 2.06. The Bertz CT molecular complexity index is 319. The first-order valence-corrected chi connectivity index (χ1v) is 7.36. The van der Waals surface area contributed by atoms with Crippen molar-refractivity contribution in [2.24, 2.45) is 0 Å². The lowest BCUT2D eigenvalue weighted by atomic mass is 10.2. The van der Waals surface area contributed by atoms with Crippen molar-refractivity contribution in [3.05, 3.63) is 33.3 Å². The maximum absolute atomic E-state index is 5.92. The van der Waals surface area contributed by atoms with Gasteiger partial charge in [0.15, 0.2) is 0 Å². The quantitative estimate of drug-likeness (QED) is 0.884. The number of hydrogen-bond acceptors (Lipinski definition) is 2. The van der Waals surface area contributed by atoms with Crippen molar-refractivity contribution in [2.45, 2.75) is 19.5 Å². The van der Waals surface area contributed by atoms with Crippen molar-refractivity contribution in [1.82, 2.24) is 5.32 Å². The Balaban J connectivity index is 2.47. The minimum Gasteiger partial charge on any atom is -0.309 e. The van der Waals surface area contributed by atoms with Crippen LogP contribution in [0.1, 0.15) is 12.5 Å². The predicted octanol–water partition coefficient (Wildman–Crippen LogP) is 3.94. The average Bonchev–Trinajstić information content (AvgIpc) is 2.20. The van der Waals surface area contributed by atoms with E-state index in [1.807, 2.05) is 23.9 Å². The highest BCUT2D eigenvalue weighted by molar-refractivity contribution is 9.10. The molecule has 1 rings (SSSR count). The maximum atomic E-state index is 5.92. The fourth-order valence-electron chi connectivity index (χ4n) is 1.25. The molecule has 0 spiro atoms. The molecule has 0 fully saturated rings. The summed E-state index contributed by atoms with van der Waals surface area (Å²) in [5.41, 5.74) is 1.25. The Morgan fingerprint density at radius 2 is 2.27 bits per heavy atom. The third-order valence-corrected chi connectivity index (χ3v) is 4.10. The zero-order valence-corrected chi connectivity index (χ0v) is 12.0. The van der Waals surface area contributed by atoms with Gasteiger partial charge in [0, 0.05) is 22.8 Å². The number of nitrogens with one attached hydrogen (secondary N) is 1. The second-order valence-electron chi connectivity index (χ2n) is 3.49. The number of rotatable bonds is 5. The fraction of sp³-hybridized carbons (Fsp3) is 0.455. The summed E-state index contributed by atoms with van der Waals surface area (Å²) >= 11 is 11.2. The standard InChI is InChI=1S/C11H15BrClNS/c1-8(7-15-2)14-6-9-3-4-11(13)10(12)5-9/h3-5,8,14H,6-7H2,1-2H3. The first-order chi connectivity index (χ1) is 7.13. The highest BCUT2D eigenvalue weighted by Gasteiger charge is 2.02. The SMILES string of the molecule is CSCC(C)NCc1ccc(Cl)c(Br)c1. The molecule has 1 unspecified atom stereocenters. The van der Waals surface area contributed by atoms with Crippen LogP contribution in [-0.2, 0) is 6.54 Å². The van der Waals surface area contributed by atoms with Crippen molar-refractivity contribution >= 4 is 39.3 Å². The van der Waals surface area contributed by atoms with E-state index in [1.165, 1.54) is 5.56 Å². The second kappa shape index (κ2) is 6.79. The molecule has 84 valence electrons. The summed E-state index contributed by atoms with van der Waals surface area (Å²) in [5, 5.41) is 4.22. The molecular formula is C11H15BrClNS. The average molecular weight is 309 g/mol. The van der Waals surface area contributed by atoms with Crippen LogP contribution in [0.25, 0.3) is 0 Å². The zero-order valence-electron chi connectivity index (χ0n) is 8.89. The van der Waals surface area contributed by atoms with Gasteiger partial charge in [0.1, 0.15) is 0 Å². The van der Waals surface area contributed by atoms with Gasteiger partial charge in [-0.05, 0) is 46.8 Å². The van der Waals surface area contributed by atoms with Crippen LogP contribution in [0.5, 0.6) is 0 Å². The number of benzene rings is 1. The molecule has 1 aromatic carbocycles. The molecule has 0 aliphatic carbocycles. The molecule has 1 nitrogen and oxygen atoms in total. The van der Waals surface area contributed by atoms with Gasteiger partial charge in [-0.2, -0.15) is 11.8 Å². The normalized spacial score (nSPS) is 12.8. The molecule has 0 radical (unpaired) electrons. The van der Waals surface area contributed by atoms with E-state index in [0.29, 0.717) is 6.04 Å². The summed E-state index contributed by atoms with van der Waals surface area (Å²) < 4.78 is 0.959. The molecule has 1 aromatic rings. The van der Waals surface area contributed by atoms with Gasteiger partial charge in [0.2, 0.25) is 0 Å². The van der Waals surface area contributed by atoms with Crippen LogP contribution < -0.4 is 5.32 Å². The molecule has 1 N–H and O–H groups in total. The highest BCUT2D eigenvalue weighted by Crippen LogP contribution is 2.23. The summed E-state index contributed by atoms with van der Waals surface area (Å²) in [4.78, 5) is 0. The molecule has 4 heteroatoms. The van der Waals surface area contributed by atoms with Crippen LogP contribution in [0.4, 0.5) is 0 Å². The zero-order chi connectivity index (χ0) is 11.3. The highest BCUT2D eigenvalue weighted by atomic mass is 79.9. The molecule has 15 heavy (non-hydrogen) atoms. The van der Waals surface area contributed by atoms with E-state index >= 15 is 0 Å². The Hall–Kier alpha value is 0.300. The summed E-state index contributed by atoms with van der Waals surface area (Å²) in [6, 6.07) is 6.56. The molecular weight excluding hydrogens is 294 g/mol. The summed E-state index contributed by atoms with van der Waals surface area (Å²) in [7, 11) is 0. The van der Waals surface area contributed by atoms with Crippen LogP contribution in [-0.4, -0.2) is 18.1 Å². The Morgan fingerprint density at radius 3 is 2.87 bits per heavy atom. The molecule has 0 saturated heterocycles. The van der Waals surface area contributed by atoms with Gasteiger partial charge in [-0.1, -0.05) is 17.7 Å². The van der Waals surface area contributed by atoms with Crippen molar-refractivity contribution in [1.29, 1.82) is 0 Å². The van der Waals surface area contributed by atoms with E-state index in [2.05, 4.69) is 40.5 Å². The Morgan fingerprint density at radius 1 is 1.53 bits per heavy atom. The van der Waals surface area contributed by atoms with Gasteiger partial charge in [-0.3, -0.25) is 0 Å². The van der Waals surface area contributed by atoms with Gasteiger partial charge in [-0.25, -0.2) is 0 Å². The molecule has 0 amide bonds. The van der Waals surface area contributed by atoms with Crippen LogP contribution in [0.3, 0.4) is 0 Å². The fourth-order valence-corrected chi connectivity index (χ4v) is 2.41. The lowest BCUT2D eigenvalue weighted by Gasteiger charge is -2.12. The van der Waals surface area contributed by atoms with Crippen LogP contribution in [0.15, 0.2) is 22.7 Å². The van der Waals surface area contributed by atoms with Gasteiger partial charge in [-0.15, -0.1) is 0 Å². The number of halogens is 2. The van der Waals surface area contributed by atoms with Crippen LogP contribution in [0, 0.1) is 0 Å². The lowest BCUT2D eigenvalue weighted by Crippen LogP contribution is -2.27. The number of thioether (sulfide) groups is 1. The molecule has 0 bridgehead atoms. The second-order valence-corrected chi connectivity index (χ2v) is 5.66. The van der Waals surface area contributed by atoms with Crippen molar-refractivity contribution in [3.8, 4) is 0 Å². The summed E-state index contributed by atoms with van der Waals surface area (Å²) in [6.45, 7) is 3.08. The molecule has 0 saturated carbocycles. The molecule has 0 aliphatic rings. The Labute approximate surface area is 109 Å². The summed E-state index contributed by atoms with van der Waals surface area (Å²) in [6.07, 6.45) is 2.12. The van der Waals surface area contributed by atoms with Crippen molar-refractivity contribution < 1.29 is 0 Å². The van der Waals surface area contributed by atoms with E-state index in [-0.39, 0.29) is 0 Å². The lowest BCUT2D eigenvalue weighted by molar-refractivity contribution is 0.596. The molecule has 0 aliphatic heterocycles. The van der Waals surface area contributed by atoms with Crippen molar-refractivity contribution in [2.75, 3.05) is 12.0 Å². The first kappa shape index (κ1) is 13.4. The van der Waals surface area contributed by atoms with Crippen LogP contribution in [0.2, 0.25) is 5.02 Å². The topological polar surface area (TPSA) is 12.0 Å². The minimum absolute atomic E-state index is 0.537. The van der Waals surface area contributed by atoms with Gasteiger partial charge in [0.25, 0.3) is 0 Å². The van der Waals surface area contributed by atoms with Gasteiger partial charge in [0.05, 0.1) is 5.02 Å².